The molecule has 3 rings (SSSR count). The predicted octanol–water partition coefficient (Wildman–Crippen LogP) is 2.82. The zero-order valence-electron chi connectivity index (χ0n) is 10.8. The van der Waals surface area contributed by atoms with E-state index >= 15 is 0 Å². The van der Waals surface area contributed by atoms with E-state index in [0.717, 1.165) is 23.6 Å². The number of rotatable bonds is 1. The average Bonchev–Trinajstić information content (AvgIpc) is 2.74. The first-order valence-electron chi connectivity index (χ1n) is 6.43. The van der Waals surface area contributed by atoms with Crippen LogP contribution in [-0.4, -0.2) is 32.8 Å². The molecule has 1 aromatic carbocycles. The maximum atomic E-state index is 6.21. The largest absolute Gasteiger partial charge is 0.371 e. The van der Waals surface area contributed by atoms with Crippen LogP contribution in [0.3, 0.4) is 0 Å². The molecule has 0 atom stereocenters. The van der Waals surface area contributed by atoms with Gasteiger partial charge in [0.1, 0.15) is 0 Å². The van der Waals surface area contributed by atoms with Gasteiger partial charge in [0, 0.05) is 38.7 Å². The van der Waals surface area contributed by atoms with Crippen molar-refractivity contribution in [2.75, 3.05) is 18.0 Å². The molecule has 5 heteroatoms. The van der Waals surface area contributed by atoms with Crippen molar-refractivity contribution >= 4 is 37.7 Å². The van der Waals surface area contributed by atoms with Crippen LogP contribution in [0.15, 0.2) is 18.3 Å². The minimum atomic E-state index is 0.0535. The molecular weight excluding hydrogens is 262 g/mol. The van der Waals surface area contributed by atoms with E-state index in [4.69, 9.17) is 11.6 Å². The molecule has 3 nitrogen and oxygen atoms in total. The smallest absolute Gasteiger partial charge is 0.0686 e. The Morgan fingerprint density at radius 2 is 2.28 bits per heavy atom. The van der Waals surface area contributed by atoms with Gasteiger partial charge in [-0.25, -0.2) is 0 Å². The second-order valence-corrected chi connectivity index (χ2v) is 9.50. The van der Waals surface area contributed by atoms with Crippen LogP contribution in [0.5, 0.6) is 0 Å². The van der Waals surface area contributed by atoms with Gasteiger partial charge >= 0.3 is 0 Å². The first kappa shape index (κ1) is 12.1. The van der Waals surface area contributed by atoms with Gasteiger partial charge in [0.05, 0.1) is 11.7 Å². The number of nitrogens with zero attached hydrogens (tertiary/aromatic N) is 2. The Bertz CT molecular complexity index is 579. The minimum Gasteiger partial charge on any atom is -0.371 e. The van der Waals surface area contributed by atoms with Gasteiger partial charge in [-0.1, -0.05) is 25.4 Å². The van der Waals surface area contributed by atoms with Crippen molar-refractivity contribution in [1.82, 2.24) is 10.2 Å². The van der Waals surface area contributed by atoms with E-state index < -0.39 is 0 Å². The summed E-state index contributed by atoms with van der Waals surface area (Å²) in [6.45, 7) is 7.08. The van der Waals surface area contributed by atoms with E-state index in [9.17, 15) is 0 Å². The maximum Gasteiger partial charge on any atom is 0.0686 e. The monoisotopic (exact) mass is 279 g/mol. The van der Waals surface area contributed by atoms with Crippen LogP contribution < -0.4 is 4.90 Å². The molecule has 1 aliphatic rings. The Kier molecular flexibility index (Phi) is 2.87. The Balaban J connectivity index is 2.05. The van der Waals surface area contributed by atoms with Crippen molar-refractivity contribution in [2.45, 2.75) is 24.9 Å². The number of halogens is 1. The van der Waals surface area contributed by atoms with Crippen LogP contribution in [-0.2, 0) is 0 Å². The minimum absolute atomic E-state index is 0.0535. The van der Waals surface area contributed by atoms with E-state index in [-0.39, 0.29) is 9.52 Å². The molecule has 0 unspecified atom stereocenters. The molecule has 1 N–H and O–H groups in total. The molecule has 0 spiro atoms. The molecule has 2 aromatic rings. The zero-order chi connectivity index (χ0) is 12.8. The summed E-state index contributed by atoms with van der Waals surface area (Å²) in [5.74, 6) is 0. The Morgan fingerprint density at radius 1 is 1.44 bits per heavy atom. The lowest BCUT2D eigenvalue weighted by atomic mass is 10.1. The fourth-order valence-electron chi connectivity index (χ4n) is 2.89. The van der Waals surface area contributed by atoms with Crippen LogP contribution in [0.2, 0.25) is 16.1 Å². The van der Waals surface area contributed by atoms with Gasteiger partial charge < -0.3 is 4.90 Å². The fourth-order valence-corrected chi connectivity index (χ4v) is 5.03. The van der Waals surface area contributed by atoms with Crippen molar-refractivity contribution in [3.8, 4) is 0 Å². The van der Waals surface area contributed by atoms with E-state index in [1.165, 1.54) is 17.1 Å². The summed E-state index contributed by atoms with van der Waals surface area (Å²) >= 11 is 6.21. The summed E-state index contributed by atoms with van der Waals surface area (Å²) in [6, 6.07) is 5.39. The maximum absolute atomic E-state index is 6.21. The molecule has 1 aliphatic heterocycles. The molecule has 0 saturated carbocycles. The van der Waals surface area contributed by atoms with Gasteiger partial charge in [-0.05, 0) is 23.2 Å². The average molecular weight is 280 g/mol. The predicted molar refractivity (Wildman–Crippen MR) is 80.7 cm³/mol. The Labute approximate surface area is 114 Å². The van der Waals surface area contributed by atoms with Crippen molar-refractivity contribution in [3.63, 3.8) is 0 Å². The third-order valence-corrected chi connectivity index (χ3v) is 6.21. The van der Waals surface area contributed by atoms with Crippen LogP contribution in [0.25, 0.3) is 10.9 Å². The number of hydrogen-bond donors (Lipinski definition) is 1. The van der Waals surface area contributed by atoms with Crippen LogP contribution in [0.4, 0.5) is 5.69 Å². The van der Waals surface area contributed by atoms with Crippen LogP contribution >= 0.6 is 11.6 Å². The lowest BCUT2D eigenvalue weighted by Crippen LogP contribution is -2.40. The number of fused-ring (bicyclic) bond motifs is 1. The third-order valence-electron chi connectivity index (χ3n) is 3.74. The highest BCUT2D eigenvalue weighted by molar-refractivity contribution is 6.40. The lowest BCUT2D eigenvalue weighted by Gasteiger charge is -2.39. The number of H-pyrrole nitrogens is 1. The highest BCUT2D eigenvalue weighted by atomic mass is 35.5. The Hall–Kier alpha value is -1.00. The van der Waals surface area contributed by atoms with E-state index in [1.54, 1.807) is 0 Å². The molecule has 0 radical (unpaired) electrons. The summed E-state index contributed by atoms with van der Waals surface area (Å²) in [6.07, 6.45) is 1.90. The molecule has 1 fully saturated rings. The Morgan fingerprint density at radius 3 is 3.06 bits per heavy atom. The number of hydrogen-bond acceptors (Lipinski definition) is 2. The van der Waals surface area contributed by atoms with Crippen molar-refractivity contribution < 1.29 is 0 Å². The standard InChI is InChI=1S/C13H18ClN3Si/c1-13(2)8-17(3-4-18-13)12-6-9(14)5-11-10(12)7-15-16-11/h5-7H,3-4,8,18H2,1-2H3,(H,15,16). The first-order valence-corrected chi connectivity index (χ1v) is 8.51. The lowest BCUT2D eigenvalue weighted by molar-refractivity contribution is 0.605. The van der Waals surface area contributed by atoms with Crippen molar-refractivity contribution in [2.24, 2.45) is 0 Å². The summed E-state index contributed by atoms with van der Waals surface area (Å²) < 4.78 is 0. The van der Waals surface area contributed by atoms with Gasteiger partial charge in [-0.15, -0.1) is 0 Å². The summed E-state index contributed by atoms with van der Waals surface area (Å²) in [5.41, 5.74) is 2.26. The first-order chi connectivity index (χ1) is 8.55. The molecule has 0 amide bonds. The molecule has 1 saturated heterocycles. The zero-order valence-corrected chi connectivity index (χ0v) is 13.0. The second-order valence-electron chi connectivity index (χ2n) is 5.95. The summed E-state index contributed by atoms with van der Waals surface area (Å²) in [4.78, 5) is 2.47. The van der Waals surface area contributed by atoms with Gasteiger partial charge in [0.15, 0.2) is 0 Å². The topological polar surface area (TPSA) is 31.9 Å². The number of aromatic amines is 1. The molecule has 18 heavy (non-hydrogen) atoms. The van der Waals surface area contributed by atoms with Gasteiger partial charge in [-0.3, -0.25) is 5.10 Å². The molecule has 2 heterocycles. The van der Waals surface area contributed by atoms with E-state index in [2.05, 4.69) is 35.0 Å². The van der Waals surface area contributed by atoms with E-state index in [0.29, 0.717) is 5.04 Å². The second kappa shape index (κ2) is 4.28. The number of nitrogens with one attached hydrogen (secondary N) is 1. The normalized spacial score (nSPS) is 20.7. The SMILES string of the molecule is CC1(C)CN(c2cc(Cl)cc3[nH]ncc23)CC[SiH2]1. The quantitative estimate of drug-likeness (QED) is 0.814. The molecule has 1 aromatic heterocycles. The molecule has 96 valence electrons. The highest BCUT2D eigenvalue weighted by Gasteiger charge is 2.28. The van der Waals surface area contributed by atoms with Gasteiger partial charge in [-0.2, -0.15) is 5.10 Å². The van der Waals surface area contributed by atoms with Crippen LogP contribution in [0, 0.1) is 0 Å². The number of aromatic nitrogens is 2. The van der Waals surface area contributed by atoms with Crippen molar-refractivity contribution in [1.29, 1.82) is 0 Å². The molecule has 0 aliphatic carbocycles. The summed E-state index contributed by atoms with van der Waals surface area (Å²) in [5, 5.41) is 9.61. The van der Waals surface area contributed by atoms with Crippen LogP contribution in [0.1, 0.15) is 13.8 Å². The summed E-state index contributed by atoms with van der Waals surface area (Å²) in [7, 11) is 0.0535. The van der Waals surface area contributed by atoms with Gasteiger partial charge in [0.25, 0.3) is 0 Å². The number of anilines is 1. The molecular formula is C13H18ClN3Si. The van der Waals surface area contributed by atoms with Gasteiger partial charge in [0.2, 0.25) is 0 Å². The molecule has 0 bridgehead atoms. The number of benzene rings is 1. The highest BCUT2D eigenvalue weighted by Crippen LogP contribution is 2.36. The van der Waals surface area contributed by atoms with E-state index in [1.807, 2.05) is 12.3 Å². The third kappa shape index (κ3) is 2.15. The fraction of sp³-hybridized carbons (Fsp3) is 0.462. The van der Waals surface area contributed by atoms with Crippen molar-refractivity contribution in [3.05, 3.63) is 23.4 Å².